The number of halogens is 3. The number of ether oxygens (including phenoxy) is 1. The summed E-state index contributed by atoms with van der Waals surface area (Å²) in [6.07, 6.45) is 1.89. The normalized spacial score (nSPS) is 16.4. The van der Waals surface area contributed by atoms with E-state index in [9.17, 15) is 4.79 Å². The van der Waals surface area contributed by atoms with Gasteiger partial charge in [0.1, 0.15) is 0 Å². The first-order valence-corrected chi connectivity index (χ1v) is 8.24. The molecular weight excluding hydrogens is 365 g/mol. The molecule has 1 heterocycles. The van der Waals surface area contributed by atoms with Crippen LogP contribution in [0, 0.1) is 0 Å². The Morgan fingerprint density at radius 1 is 1.40 bits per heavy atom. The molecule has 0 N–H and O–H groups in total. The SMILES string of the molecule is O=C(c1ccc(Br)cc1Cl)N1CCC(OCCCl)CC1. The maximum atomic E-state index is 12.4. The number of benzene rings is 1. The minimum Gasteiger partial charge on any atom is -0.377 e. The van der Waals surface area contributed by atoms with Gasteiger partial charge in [0.2, 0.25) is 0 Å². The molecule has 20 heavy (non-hydrogen) atoms. The van der Waals surface area contributed by atoms with Crippen molar-refractivity contribution in [2.45, 2.75) is 18.9 Å². The fraction of sp³-hybridized carbons (Fsp3) is 0.500. The van der Waals surface area contributed by atoms with Gasteiger partial charge in [0.25, 0.3) is 5.91 Å². The standard InChI is InChI=1S/C14H16BrCl2NO2/c15-10-1-2-12(13(17)9-10)14(19)18-6-3-11(4-7-18)20-8-5-16/h1-2,9,11H,3-8H2. The molecule has 1 aliphatic heterocycles. The fourth-order valence-corrected chi connectivity index (χ4v) is 3.11. The molecule has 0 unspecified atom stereocenters. The van der Waals surface area contributed by atoms with Crippen molar-refractivity contribution < 1.29 is 9.53 Å². The summed E-state index contributed by atoms with van der Waals surface area (Å²) in [7, 11) is 0. The Morgan fingerprint density at radius 3 is 2.70 bits per heavy atom. The molecule has 1 aliphatic rings. The van der Waals surface area contributed by atoms with Gasteiger partial charge in [-0.15, -0.1) is 11.6 Å². The van der Waals surface area contributed by atoms with Crippen LogP contribution in [0.1, 0.15) is 23.2 Å². The molecule has 0 atom stereocenters. The summed E-state index contributed by atoms with van der Waals surface area (Å²) in [6, 6.07) is 5.32. The second-order valence-corrected chi connectivity index (χ2v) is 6.38. The number of alkyl halides is 1. The van der Waals surface area contributed by atoms with E-state index in [1.54, 1.807) is 12.1 Å². The summed E-state index contributed by atoms with van der Waals surface area (Å²) < 4.78 is 6.47. The van der Waals surface area contributed by atoms with Crippen molar-refractivity contribution in [3.8, 4) is 0 Å². The second kappa shape index (κ2) is 7.64. The van der Waals surface area contributed by atoms with Crippen molar-refractivity contribution in [2.24, 2.45) is 0 Å². The second-order valence-electron chi connectivity index (χ2n) is 4.68. The first-order valence-electron chi connectivity index (χ1n) is 6.53. The van der Waals surface area contributed by atoms with Gasteiger partial charge < -0.3 is 9.64 Å². The summed E-state index contributed by atoms with van der Waals surface area (Å²) in [6.45, 7) is 1.95. The molecule has 3 nitrogen and oxygen atoms in total. The fourth-order valence-electron chi connectivity index (χ4n) is 2.27. The van der Waals surface area contributed by atoms with Crippen LogP contribution in [0.5, 0.6) is 0 Å². The Labute approximate surface area is 137 Å². The smallest absolute Gasteiger partial charge is 0.255 e. The van der Waals surface area contributed by atoms with Gasteiger partial charge in [-0.25, -0.2) is 0 Å². The van der Waals surface area contributed by atoms with Crippen molar-refractivity contribution in [2.75, 3.05) is 25.6 Å². The number of rotatable bonds is 4. The van der Waals surface area contributed by atoms with E-state index in [0.29, 0.717) is 36.2 Å². The van der Waals surface area contributed by atoms with Gasteiger partial charge in [-0.05, 0) is 31.0 Å². The van der Waals surface area contributed by atoms with Crippen LogP contribution in [0.3, 0.4) is 0 Å². The van der Waals surface area contributed by atoms with E-state index < -0.39 is 0 Å². The molecule has 0 bridgehead atoms. The van der Waals surface area contributed by atoms with Gasteiger partial charge in [0.15, 0.2) is 0 Å². The van der Waals surface area contributed by atoms with Crippen LogP contribution >= 0.6 is 39.1 Å². The number of nitrogens with zero attached hydrogens (tertiary/aromatic N) is 1. The topological polar surface area (TPSA) is 29.5 Å². The quantitative estimate of drug-likeness (QED) is 0.740. The molecule has 1 amide bonds. The molecule has 0 aliphatic carbocycles. The zero-order valence-electron chi connectivity index (χ0n) is 10.9. The van der Waals surface area contributed by atoms with Crippen molar-refractivity contribution in [1.29, 1.82) is 0 Å². The summed E-state index contributed by atoms with van der Waals surface area (Å²) in [5, 5.41) is 0.477. The van der Waals surface area contributed by atoms with E-state index in [2.05, 4.69) is 15.9 Å². The Balaban J connectivity index is 1.94. The number of carbonyl (C=O) groups is 1. The Kier molecular flexibility index (Phi) is 6.15. The van der Waals surface area contributed by atoms with Gasteiger partial charge in [-0.1, -0.05) is 27.5 Å². The van der Waals surface area contributed by atoms with Crippen LogP contribution in [-0.2, 0) is 4.74 Å². The molecule has 1 saturated heterocycles. The highest BCUT2D eigenvalue weighted by atomic mass is 79.9. The minimum absolute atomic E-state index is 0.0155. The van der Waals surface area contributed by atoms with E-state index in [1.807, 2.05) is 11.0 Å². The molecule has 2 rings (SSSR count). The average Bonchev–Trinajstić information content (AvgIpc) is 2.45. The summed E-state index contributed by atoms with van der Waals surface area (Å²) in [5.41, 5.74) is 0.551. The van der Waals surface area contributed by atoms with Gasteiger partial charge >= 0.3 is 0 Å². The third-order valence-corrected chi connectivity index (χ3v) is 4.28. The monoisotopic (exact) mass is 379 g/mol. The predicted octanol–water partition coefficient (Wildman–Crippen LogP) is 3.96. The highest BCUT2D eigenvalue weighted by Crippen LogP contribution is 2.24. The number of hydrogen-bond acceptors (Lipinski definition) is 2. The Hall–Kier alpha value is -0.290. The van der Waals surface area contributed by atoms with Crippen molar-refractivity contribution in [3.63, 3.8) is 0 Å². The molecule has 110 valence electrons. The predicted molar refractivity (Wildman–Crippen MR) is 84.7 cm³/mol. The number of hydrogen-bond donors (Lipinski definition) is 0. The molecule has 1 fully saturated rings. The van der Waals surface area contributed by atoms with E-state index in [-0.39, 0.29) is 12.0 Å². The van der Waals surface area contributed by atoms with Crippen LogP contribution in [0.2, 0.25) is 5.02 Å². The number of carbonyl (C=O) groups excluding carboxylic acids is 1. The molecule has 0 radical (unpaired) electrons. The van der Waals surface area contributed by atoms with Crippen molar-refractivity contribution >= 4 is 45.0 Å². The zero-order chi connectivity index (χ0) is 14.5. The first kappa shape index (κ1) is 16.1. The lowest BCUT2D eigenvalue weighted by atomic mass is 10.1. The number of amides is 1. The summed E-state index contributed by atoms with van der Waals surface area (Å²) in [4.78, 5) is 14.2. The third kappa shape index (κ3) is 4.10. The molecule has 0 spiro atoms. The zero-order valence-corrected chi connectivity index (χ0v) is 14.0. The lowest BCUT2D eigenvalue weighted by Crippen LogP contribution is -2.41. The molecular formula is C14H16BrCl2NO2. The third-order valence-electron chi connectivity index (χ3n) is 3.32. The van der Waals surface area contributed by atoms with Crippen LogP contribution in [0.25, 0.3) is 0 Å². The van der Waals surface area contributed by atoms with Gasteiger partial charge in [0.05, 0.1) is 23.3 Å². The van der Waals surface area contributed by atoms with Gasteiger partial charge in [-0.3, -0.25) is 4.79 Å². The maximum Gasteiger partial charge on any atom is 0.255 e. The molecule has 0 aromatic heterocycles. The number of likely N-dealkylation sites (tertiary alicyclic amines) is 1. The molecule has 6 heteroatoms. The van der Waals surface area contributed by atoms with Crippen LogP contribution in [0.4, 0.5) is 0 Å². The lowest BCUT2D eigenvalue weighted by molar-refractivity contribution is 0.0154. The van der Waals surface area contributed by atoms with Gasteiger partial charge in [0, 0.05) is 23.4 Å². The van der Waals surface area contributed by atoms with Gasteiger partial charge in [-0.2, -0.15) is 0 Å². The van der Waals surface area contributed by atoms with Crippen LogP contribution in [-0.4, -0.2) is 42.5 Å². The average molecular weight is 381 g/mol. The highest BCUT2D eigenvalue weighted by molar-refractivity contribution is 9.10. The van der Waals surface area contributed by atoms with Crippen molar-refractivity contribution in [1.82, 2.24) is 4.90 Å². The molecule has 1 aromatic rings. The van der Waals surface area contributed by atoms with Crippen LogP contribution < -0.4 is 0 Å². The van der Waals surface area contributed by atoms with Crippen LogP contribution in [0.15, 0.2) is 22.7 Å². The molecule has 0 saturated carbocycles. The Bertz CT molecular complexity index is 476. The minimum atomic E-state index is -0.0155. The van der Waals surface area contributed by atoms with E-state index in [1.165, 1.54) is 0 Å². The highest BCUT2D eigenvalue weighted by Gasteiger charge is 2.25. The van der Waals surface area contributed by atoms with E-state index in [0.717, 1.165) is 17.3 Å². The lowest BCUT2D eigenvalue weighted by Gasteiger charge is -2.32. The van der Waals surface area contributed by atoms with E-state index in [4.69, 9.17) is 27.9 Å². The molecule has 1 aromatic carbocycles. The van der Waals surface area contributed by atoms with E-state index >= 15 is 0 Å². The Morgan fingerprint density at radius 2 is 2.10 bits per heavy atom. The first-order chi connectivity index (χ1) is 9.61. The largest absolute Gasteiger partial charge is 0.377 e. The maximum absolute atomic E-state index is 12.4. The summed E-state index contributed by atoms with van der Waals surface area (Å²) in [5.74, 6) is 0.492. The summed E-state index contributed by atoms with van der Waals surface area (Å²) >= 11 is 15.1. The number of piperidine rings is 1. The van der Waals surface area contributed by atoms with Crippen molar-refractivity contribution in [3.05, 3.63) is 33.3 Å².